The Kier molecular flexibility index (Phi) is 3.28. The van der Waals surface area contributed by atoms with Gasteiger partial charge in [-0.3, -0.25) is 0 Å². The molecule has 0 spiro atoms. The average molecular weight is 201 g/mol. The van der Waals surface area contributed by atoms with Crippen LogP contribution < -0.4 is 0 Å². The Morgan fingerprint density at radius 2 is 2.31 bits per heavy atom. The summed E-state index contributed by atoms with van der Waals surface area (Å²) in [6.45, 7) is 0.252. The molecule has 0 amide bonds. The van der Waals surface area contributed by atoms with Crippen molar-refractivity contribution in [3.8, 4) is 0 Å². The second kappa shape index (κ2) is 4.25. The van der Waals surface area contributed by atoms with Crippen LogP contribution in [0.4, 0.5) is 0 Å². The molecule has 0 saturated heterocycles. The minimum Gasteiger partial charge on any atom is -0.478 e. The monoisotopic (exact) mass is 200 g/mol. The first kappa shape index (κ1) is 10.0. The van der Waals surface area contributed by atoms with Crippen molar-refractivity contribution in [2.75, 3.05) is 7.11 Å². The van der Waals surface area contributed by atoms with Gasteiger partial charge in [-0.05, 0) is 23.8 Å². The normalized spacial score (nSPS) is 10.0. The summed E-state index contributed by atoms with van der Waals surface area (Å²) in [5, 5.41) is 9.30. The fraction of sp³-hybridized carbons (Fsp3) is 0.222. The molecule has 1 aromatic carbocycles. The van der Waals surface area contributed by atoms with Crippen LogP contribution in [0.15, 0.2) is 18.2 Å². The third-order valence-corrected chi connectivity index (χ3v) is 1.83. The number of methoxy groups -OCH3 is 1. The van der Waals surface area contributed by atoms with Crippen LogP contribution in [0.5, 0.6) is 0 Å². The molecule has 0 aliphatic heterocycles. The third-order valence-electron chi connectivity index (χ3n) is 1.60. The fourth-order valence-electron chi connectivity index (χ4n) is 1.05. The Labute approximate surface area is 80.9 Å². The molecule has 0 aliphatic rings. The van der Waals surface area contributed by atoms with E-state index in [0.29, 0.717) is 10.6 Å². The van der Waals surface area contributed by atoms with Crippen molar-refractivity contribution in [3.63, 3.8) is 0 Å². The molecule has 1 rings (SSSR count). The zero-order valence-electron chi connectivity index (χ0n) is 7.08. The lowest BCUT2D eigenvalue weighted by Gasteiger charge is -2.04. The maximum atomic E-state index is 10.7. The van der Waals surface area contributed by atoms with Crippen molar-refractivity contribution in [1.29, 1.82) is 0 Å². The van der Waals surface area contributed by atoms with E-state index in [1.165, 1.54) is 13.2 Å². The predicted octanol–water partition coefficient (Wildman–Crippen LogP) is 2.18. The summed E-state index contributed by atoms with van der Waals surface area (Å²) in [5.74, 6) is -0.969. The van der Waals surface area contributed by atoms with Gasteiger partial charge in [-0.2, -0.15) is 0 Å². The van der Waals surface area contributed by atoms with E-state index in [1.807, 2.05) is 0 Å². The molecule has 0 fully saturated rings. The van der Waals surface area contributed by atoms with Gasteiger partial charge in [0.25, 0.3) is 0 Å². The maximum absolute atomic E-state index is 10.7. The Morgan fingerprint density at radius 1 is 1.62 bits per heavy atom. The summed E-state index contributed by atoms with van der Waals surface area (Å²) in [6.07, 6.45) is 0. The summed E-state index contributed by atoms with van der Waals surface area (Å²) in [6, 6.07) is 4.61. The molecule has 0 aromatic heterocycles. The highest BCUT2D eigenvalue weighted by Crippen LogP contribution is 2.16. The number of aromatic carboxylic acids is 1. The van der Waals surface area contributed by atoms with Crippen molar-refractivity contribution in [2.24, 2.45) is 0 Å². The molecule has 0 unspecified atom stereocenters. The summed E-state index contributed by atoms with van der Waals surface area (Å²) in [4.78, 5) is 10.7. The van der Waals surface area contributed by atoms with E-state index in [-0.39, 0.29) is 12.2 Å². The van der Waals surface area contributed by atoms with Crippen LogP contribution in [0.25, 0.3) is 0 Å². The quantitative estimate of drug-likeness (QED) is 0.814. The van der Waals surface area contributed by atoms with Gasteiger partial charge in [0.05, 0.1) is 12.2 Å². The molecule has 0 aliphatic carbocycles. The lowest BCUT2D eigenvalue weighted by molar-refractivity contribution is 0.0692. The minimum absolute atomic E-state index is 0.228. The van der Waals surface area contributed by atoms with Crippen molar-refractivity contribution in [1.82, 2.24) is 0 Å². The predicted molar refractivity (Wildman–Crippen MR) is 49.1 cm³/mol. The number of benzene rings is 1. The highest BCUT2D eigenvalue weighted by Gasteiger charge is 2.09. The van der Waals surface area contributed by atoms with Crippen LogP contribution in [-0.4, -0.2) is 18.2 Å². The number of carboxylic acid groups (broad SMARTS) is 1. The Hall–Kier alpha value is -1.06. The molecular weight excluding hydrogens is 192 g/mol. The average Bonchev–Trinajstić information content (AvgIpc) is 2.04. The topological polar surface area (TPSA) is 46.5 Å². The van der Waals surface area contributed by atoms with Gasteiger partial charge in [-0.15, -0.1) is 0 Å². The minimum atomic E-state index is -0.969. The van der Waals surface area contributed by atoms with Gasteiger partial charge >= 0.3 is 5.97 Å². The fourth-order valence-corrected chi connectivity index (χ4v) is 1.24. The van der Waals surface area contributed by atoms with E-state index in [0.717, 1.165) is 0 Å². The van der Waals surface area contributed by atoms with Gasteiger partial charge in [-0.25, -0.2) is 4.79 Å². The molecule has 70 valence electrons. The van der Waals surface area contributed by atoms with Crippen LogP contribution in [0.2, 0.25) is 5.02 Å². The van der Waals surface area contributed by atoms with E-state index in [9.17, 15) is 4.79 Å². The molecule has 0 saturated carbocycles. The smallest absolute Gasteiger partial charge is 0.336 e. The zero-order valence-corrected chi connectivity index (χ0v) is 7.84. The Balaban J connectivity index is 3.10. The summed E-state index contributed by atoms with van der Waals surface area (Å²) in [7, 11) is 1.51. The number of ether oxygens (including phenoxy) is 1. The van der Waals surface area contributed by atoms with E-state index in [2.05, 4.69) is 0 Å². The molecule has 0 atom stereocenters. The number of carbonyl (C=O) groups is 1. The Morgan fingerprint density at radius 3 is 2.85 bits per heavy atom. The molecule has 3 nitrogen and oxygen atoms in total. The van der Waals surface area contributed by atoms with Crippen LogP contribution in [0, 0.1) is 0 Å². The van der Waals surface area contributed by atoms with Gasteiger partial charge in [0.1, 0.15) is 0 Å². The van der Waals surface area contributed by atoms with E-state index < -0.39 is 5.97 Å². The van der Waals surface area contributed by atoms with E-state index in [1.54, 1.807) is 12.1 Å². The second-order valence-electron chi connectivity index (χ2n) is 2.54. The van der Waals surface area contributed by atoms with Crippen LogP contribution >= 0.6 is 11.6 Å². The van der Waals surface area contributed by atoms with Gasteiger partial charge in [0.15, 0.2) is 0 Å². The molecule has 0 bridgehead atoms. The first-order valence-electron chi connectivity index (χ1n) is 3.66. The first-order chi connectivity index (χ1) is 6.15. The van der Waals surface area contributed by atoms with Gasteiger partial charge in [-0.1, -0.05) is 11.6 Å². The molecule has 1 N–H and O–H groups in total. The van der Waals surface area contributed by atoms with Crippen molar-refractivity contribution >= 4 is 17.6 Å². The maximum Gasteiger partial charge on any atom is 0.336 e. The van der Waals surface area contributed by atoms with Crippen LogP contribution in [-0.2, 0) is 11.3 Å². The first-order valence-corrected chi connectivity index (χ1v) is 4.03. The molecule has 13 heavy (non-hydrogen) atoms. The Bertz CT molecular complexity index is 323. The highest BCUT2D eigenvalue weighted by molar-refractivity contribution is 6.30. The van der Waals surface area contributed by atoms with E-state index in [4.69, 9.17) is 21.4 Å². The number of rotatable bonds is 3. The van der Waals surface area contributed by atoms with Gasteiger partial charge in [0.2, 0.25) is 0 Å². The van der Waals surface area contributed by atoms with E-state index >= 15 is 0 Å². The summed E-state index contributed by atoms with van der Waals surface area (Å²) in [5.41, 5.74) is 0.814. The lowest BCUT2D eigenvalue weighted by atomic mass is 10.1. The molecule has 4 heteroatoms. The summed E-state index contributed by atoms with van der Waals surface area (Å²) >= 11 is 5.71. The highest BCUT2D eigenvalue weighted by atomic mass is 35.5. The van der Waals surface area contributed by atoms with Crippen molar-refractivity contribution in [3.05, 3.63) is 34.3 Å². The standard InChI is InChI=1S/C9H9ClO3/c1-13-5-6-4-7(10)2-3-8(6)9(11)12/h2-4H,5H2,1H3,(H,11,12). The van der Waals surface area contributed by atoms with Crippen LogP contribution in [0.1, 0.15) is 15.9 Å². The van der Waals surface area contributed by atoms with Crippen molar-refractivity contribution < 1.29 is 14.6 Å². The molecule has 0 radical (unpaired) electrons. The SMILES string of the molecule is COCc1cc(Cl)ccc1C(=O)O. The number of halogens is 1. The molecule has 0 heterocycles. The largest absolute Gasteiger partial charge is 0.478 e. The number of hydrogen-bond acceptors (Lipinski definition) is 2. The zero-order chi connectivity index (χ0) is 9.84. The third kappa shape index (κ3) is 2.44. The van der Waals surface area contributed by atoms with Gasteiger partial charge < -0.3 is 9.84 Å². The number of hydrogen-bond donors (Lipinski definition) is 1. The lowest BCUT2D eigenvalue weighted by Crippen LogP contribution is -2.02. The van der Waals surface area contributed by atoms with Crippen LogP contribution in [0.3, 0.4) is 0 Å². The molecule has 1 aromatic rings. The number of carboxylic acids is 1. The summed E-state index contributed by atoms with van der Waals surface area (Å²) < 4.78 is 4.85. The molecular formula is C9H9ClO3. The van der Waals surface area contributed by atoms with Crippen molar-refractivity contribution in [2.45, 2.75) is 6.61 Å². The second-order valence-corrected chi connectivity index (χ2v) is 2.98. The van der Waals surface area contributed by atoms with Gasteiger partial charge in [0, 0.05) is 12.1 Å².